The van der Waals surface area contributed by atoms with Gasteiger partial charge < -0.3 is 10.3 Å². The van der Waals surface area contributed by atoms with Crippen LogP contribution in [0.25, 0.3) is 0 Å². The number of hydrogen-bond acceptors (Lipinski definition) is 5. The number of aromatic amines is 1. The number of anilines is 1. The summed E-state index contributed by atoms with van der Waals surface area (Å²) in [7, 11) is -3.38. The number of pyridine rings is 2. The quantitative estimate of drug-likeness (QED) is 0.852. The van der Waals surface area contributed by atoms with Gasteiger partial charge in [-0.05, 0) is 18.2 Å². The Labute approximate surface area is 114 Å². The third kappa shape index (κ3) is 3.29. The summed E-state index contributed by atoms with van der Waals surface area (Å²) in [5.41, 5.74) is 0.145. The van der Waals surface area contributed by atoms with Crippen molar-refractivity contribution >= 4 is 21.4 Å². The molecular formula is C12H11N3O4S. The number of carbonyl (C=O) groups is 1. The van der Waals surface area contributed by atoms with Crippen molar-refractivity contribution in [3.63, 3.8) is 0 Å². The number of amides is 1. The summed E-state index contributed by atoms with van der Waals surface area (Å²) in [5, 5.41) is 2.44. The number of nitrogens with zero attached hydrogens (tertiary/aromatic N) is 1. The molecule has 2 aromatic heterocycles. The number of carbonyl (C=O) groups excluding carboxylic acids is 1. The van der Waals surface area contributed by atoms with Gasteiger partial charge in [0.1, 0.15) is 0 Å². The predicted octanol–water partition coefficient (Wildman–Crippen LogP) is 0.426. The van der Waals surface area contributed by atoms with Gasteiger partial charge in [0, 0.05) is 24.1 Å². The molecule has 0 unspecified atom stereocenters. The van der Waals surface area contributed by atoms with E-state index in [0.717, 1.165) is 12.3 Å². The van der Waals surface area contributed by atoms with Crippen molar-refractivity contribution in [2.45, 2.75) is 5.03 Å². The Balaban J connectivity index is 2.18. The van der Waals surface area contributed by atoms with Crippen molar-refractivity contribution in [1.82, 2.24) is 9.97 Å². The van der Waals surface area contributed by atoms with E-state index in [4.69, 9.17) is 0 Å². The molecule has 2 aromatic rings. The first-order chi connectivity index (χ1) is 9.36. The normalized spacial score (nSPS) is 11.1. The van der Waals surface area contributed by atoms with Gasteiger partial charge in [-0.3, -0.25) is 9.59 Å². The number of nitrogens with one attached hydrogen (secondary N) is 2. The molecule has 0 aliphatic carbocycles. The molecule has 0 aliphatic heterocycles. The average Bonchev–Trinajstić information content (AvgIpc) is 2.38. The second-order valence-corrected chi connectivity index (χ2v) is 6.02. The first kappa shape index (κ1) is 13.9. The smallest absolute Gasteiger partial charge is 0.255 e. The van der Waals surface area contributed by atoms with Crippen molar-refractivity contribution in [3.05, 3.63) is 52.6 Å². The zero-order valence-corrected chi connectivity index (χ0v) is 11.3. The van der Waals surface area contributed by atoms with Crippen LogP contribution in [0, 0.1) is 0 Å². The molecule has 0 saturated carbocycles. The highest BCUT2D eigenvalue weighted by atomic mass is 32.2. The first-order valence-corrected chi connectivity index (χ1v) is 7.41. The van der Waals surface area contributed by atoms with Crippen LogP contribution in [0.3, 0.4) is 0 Å². The molecule has 2 N–H and O–H groups in total. The molecule has 0 atom stereocenters. The maximum absolute atomic E-state index is 11.8. The zero-order valence-electron chi connectivity index (χ0n) is 10.5. The monoisotopic (exact) mass is 293 g/mol. The molecule has 0 radical (unpaired) electrons. The number of H-pyrrole nitrogens is 1. The minimum absolute atomic E-state index is 0.0772. The highest BCUT2D eigenvalue weighted by Crippen LogP contribution is 2.11. The Bertz CT molecular complexity index is 794. The van der Waals surface area contributed by atoms with Crippen LogP contribution in [0.15, 0.2) is 46.5 Å². The lowest BCUT2D eigenvalue weighted by Gasteiger charge is -2.05. The van der Waals surface area contributed by atoms with Crippen LogP contribution < -0.4 is 10.9 Å². The van der Waals surface area contributed by atoms with Gasteiger partial charge in [0.25, 0.3) is 5.91 Å². The molecule has 1 amide bonds. The molecule has 0 bridgehead atoms. The van der Waals surface area contributed by atoms with Crippen molar-refractivity contribution in [2.24, 2.45) is 0 Å². The third-order valence-electron chi connectivity index (χ3n) is 2.41. The lowest BCUT2D eigenvalue weighted by Crippen LogP contribution is -2.15. The van der Waals surface area contributed by atoms with E-state index in [1.807, 2.05) is 0 Å². The van der Waals surface area contributed by atoms with Crippen LogP contribution in [-0.4, -0.2) is 30.5 Å². The number of aromatic nitrogens is 2. The zero-order chi connectivity index (χ0) is 14.8. The van der Waals surface area contributed by atoms with Gasteiger partial charge in [-0.1, -0.05) is 0 Å². The molecule has 0 aliphatic rings. The Hall–Kier alpha value is -2.48. The summed E-state index contributed by atoms with van der Waals surface area (Å²) in [5.74, 6) is -0.481. The predicted molar refractivity (Wildman–Crippen MR) is 72.4 cm³/mol. The van der Waals surface area contributed by atoms with E-state index in [1.165, 1.54) is 30.6 Å². The van der Waals surface area contributed by atoms with E-state index in [2.05, 4.69) is 15.3 Å². The number of sulfone groups is 1. The summed E-state index contributed by atoms with van der Waals surface area (Å²) < 4.78 is 22.5. The molecule has 0 aromatic carbocycles. The summed E-state index contributed by atoms with van der Waals surface area (Å²) in [4.78, 5) is 29.1. The van der Waals surface area contributed by atoms with Gasteiger partial charge in [0.05, 0.1) is 11.9 Å². The van der Waals surface area contributed by atoms with Crippen LogP contribution in [0.1, 0.15) is 10.4 Å². The Morgan fingerprint density at radius 2 is 2.05 bits per heavy atom. The minimum Gasteiger partial charge on any atom is -0.329 e. The van der Waals surface area contributed by atoms with E-state index in [0.29, 0.717) is 5.69 Å². The molecular weight excluding hydrogens is 282 g/mol. The largest absolute Gasteiger partial charge is 0.329 e. The Morgan fingerprint density at radius 1 is 1.30 bits per heavy atom. The topological polar surface area (TPSA) is 109 Å². The third-order valence-corrected chi connectivity index (χ3v) is 3.41. The fraction of sp³-hybridized carbons (Fsp3) is 0.0833. The van der Waals surface area contributed by atoms with E-state index in [9.17, 15) is 18.0 Å². The lowest BCUT2D eigenvalue weighted by molar-refractivity contribution is 0.102. The SMILES string of the molecule is CS(=O)(=O)c1ccc(NC(=O)c2cc[nH]c(=O)c2)cn1. The van der Waals surface area contributed by atoms with E-state index in [-0.39, 0.29) is 16.1 Å². The molecule has 0 fully saturated rings. The average molecular weight is 293 g/mol. The van der Waals surface area contributed by atoms with Crippen molar-refractivity contribution in [1.29, 1.82) is 0 Å². The fourth-order valence-corrected chi connectivity index (χ4v) is 2.02. The van der Waals surface area contributed by atoms with Crippen molar-refractivity contribution < 1.29 is 13.2 Å². The highest BCUT2D eigenvalue weighted by molar-refractivity contribution is 7.90. The number of rotatable bonds is 3. The van der Waals surface area contributed by atoms with Crippen molar-refractivity contribution in [2.75, 3.05) is 11.6 Å². The van der Waals surface area contributed by atoms with E-state index < -0.39 is 15.7 Å². The van der Waals surface area contributed by atoms with Crippen molar-refractivity contribution in [3.8, 4) is 0 Å². The molecule has 20 heavy (non-hydrogen) atoms. The molecule has 2 rings (SSSR count). The lowest BCUT2D eigenvalue weighted by atomic mass is 10.2. The Kier molecular flexibility index (Phi) is 3.66. The minimum atomic E-state index is -3.38. The van der Waals surface area contributed by atoms with Gasteiger partial charge in [-0.15, -0.1) is 0 Å². The van der Waals surface area contributed by atoms with Gasteiger partial charge in [0.15, 0.2) is 14.9 Å². The second kappa shape index (κ2) is 5.25. The summed E-state index contributed by atoms with van der Waals surface area (Å²) >= 11 is 0. The number of hydrogen-bond donors (Lipinski definition) is 2. The first-order valence-electron chi connectivity index (χ1n) is 5.52. The maximum atomic E-state index is 11.8. The van der Waals surface area contributed by atoms with Gasteiger partial charge >= 0.3 is 0 Å². The summed E-state index contributed by atoms with van der Waals surface area (Å²) in [6.07, 6.45) is 3.65. The van der Waals surface area contributed by atoms with Crippen LogP contribution in [0.5, 0.6) is 0 Å². The van der Waals surface area contributed by atoms with Gasteiger partial charge in [-0.25, -0.2) is 13.4 Å². The standard InChI is InChI=1S/C12H11N3O4S/c1-20(18,19)11-3-2-9(7-14-11)15-12(17)8-4-5-13-10(16)6-8/h2-7H,1H3,(H,13,16)(H,15,17). The molecule has 2 heterocycles. The summed E-state index contributed by atoms with van der Waals surface area (Å²) in [6.45, 7) is 0. The second-order valence-electron chi connectivity index (χ2n) is 4.05. The fourth-order valence-electron chi connectivity index (χ4n) is 1.46. The van der Waals surface area contributed by atoms with Gasteiger partial charge in [0.2, 0.25) is 5.56 Å². The van der Waals surface area contributed by atoms with Gasteiger partial charge in [-0.2, -0.15) is 0 Å². The maximum Gasteiger partial charge on any atom is 0.255 e. The van der Waals surface area contributed by atoms with Crippen LogP contribution in [-0.2, 0) is 9.84 Å². The molecule has 7 nitrogen and oxygen atoms in total. The van der Waals surface area contributed by atoms with Crippen LogP contribution >= 0.6 is 0 Å². The molecule has 0 saturated heterocycles. The summed E-state index contributed by atoms with van der Waals surface area (Å²) in [6, 6.07) is 5.33. The highest BCUT2D eigenvalue weighted by Gasteiger charge is 2.10. The van der Waals surface area contributed by atoms with Crippen LogP contribution in [0.4, 0.5) is 5.69 Å². The Morgan fingerprint density at radius 3 is 2.60 bits per heavy atom. The van der Waals surface area contributed by atoms with E-state index >= 15 is 0 Å². The molecule has 104 valence electrons. The van der Waals surface area contributed by atoms with E-state index in [1.54, 1.807) is 0 Å². The molecule has 8 heteroatoms. The van der Waals surface area contributed by atoms with Crippen LogP contribution in [0.2, 0.25) is 0 Å². The molecule has 0 spiro atoms.